The monoisotopic (exact) mass is 538 g/mol. The van der Waals surface area contributed by atoms with Crippen LogP contribution in [0.2, 0.25) is 0 Å². The molecule has 11 nitrogen and oxygen atoms in total. The van der Waals surface area contributed by atoms with Crippen LogP contribution in [-0.4, -0.2) is 56.6 Å². The minimum absolute atomic E-state index is 0.0103. The molecule has 1 atom stereocenters. The summed E-state index contributed by atoms with van der Waals surface area (Å²) in [5, 5.41) is 6.22. The molecule has 3 heterocycles. The highest BCUT2D eigenvalue weighted by atomic mass is 32.2. The highest BCUT2D eigenvalue weighted by molar-refractivity contribution is 7.89. The topological polar surface area (TPSA) is 158 Å². The number of nitrogens with one attached hydrogen (secondary N) is 3. The van der Waals surface area contributed by atoms with E-state index < -0.39 is 10.0 Å². The highest BCUT2D eigenvalue weighted by Gasteiger charge is 2.21. The summed E-state index contributed by atoms with van der Waals surface area (Å²) in [7, 11) is -3.81. The van der Waals surface area contributed by atoms with Gasteiger partial charge in [-0.15, -0.1) is 0 Å². The lowest BCUT2D eigenvalue weighted by atomic mass is 10.1. The minimum atomic E-state index is -3.81. The molecule has 0 unspecified atom stereocenters. The zero-order valence-electron chi connectivity index (χ0n) is 20.8. The molecule has 0 saturated carbocycles. The summed E-state index contributed by atoms with van der Waals surface area (Å²) in [6.45, 7) is 2.67. The van der Waals surface area contributed by atoms with Crippen LogP contribution in [0.5, 0.6) is 11.5 Å². The second kappa shape index (κ2) is 11.3. The van der Waals surface area contributed by atoms with Gasteiger partial charge in [-0.1, -0.05) is 18.2 Å². The number of benzene rings is 2. The molecule has 2 aliphatic rings. The number of anilines is 1. The molecule has 5 rings (SSSR count). The number of nitrogens with two attached hydrogens (primary N) is 1. The molecule has 0 radical (unpaired) electrons. The van der Waals surface area contributed by atoms with Crippen LogP contribution in [0.1, 0.15) is 35.3 Å². The van der Waals surface area contributed by atoms with Crippen LogP contribution in [0, 0.1) is 0 Å². The molecule has 3 aromatic rings. The van der Waals surface area contributed by atoms with Gasteiger partial charge in [0.1, 0.15) is 0 Å². The molecular formula is C26H30N6O5S. The zero-order chi connectivity index (χ0) is 26.5. The van der Waals surface area contributed by atoms with Gasteiger partial charge >= 0.3 is 0 Å². The maximum atomic E-state index is 13.0. The van der Waals surface area contributed by atoms with Gasteiger partial charge in [0, 0.05) is 37.2 Å². The van der Waals surface area contributed by atoms with E-state index >= 15 is 0 Å². The Hall–Kier alpha value is -3.74. The Morgan fingerprint density at radius 2 is 1.95 bits per heavy atom. The van der Waals surface area contributed by atoms with Gasteiger partial charge in [0.05, 0.1) is 30.0 Å². The fourth-order valence-electron chi connectivity index (χ4n) is 4.35. The van der Waals surface area contributed by atoms with E-state index in [0.29, 0.717) is 48.1 Å². The SMILES string of the molecule is Nc1ncc(-c2cccc(CNS(=O)(=O)c3ccc4c(c3)OCCCO4)c2)nc1C(=O)N[C@H]1CCCNC1. The van der Waals surface area contributed by atoms with Gasteiger partial charge in [-0.05, 0) is 43.1 Å². The quantitative estimate of drug-likeness (QED) is 0.352. The van der Waals surface area contributed by atoms with Crippen molar-refractivity contribution in [1.82, 2.24) is 25.3 Å². The molecule has 2 aromatic carbocycles. The molecule has 38 heavy (non-hydrogen) atoms. The number of hydrogen-bond acceptors (Lipinski definition) is 9. The first kappa shape index (κ1) is 25.9. The second-order valence-corrected chi connectivity index (χ2v) is 11.0. The van der Waals surface area contributed by atoms with Crippen molar-refractivity contribution < 1.29 is 22.7 Å². The van der Waals surface area contributed by atoms with Gasteiger partial charge < -0.3 is 25.8 Å². The maximum Gasteiger partial charge on any atom is 0.274 e. The lowest BCUT2D eigenvalue weighted by Gasteiger charge is -2.23. The predicted molar refractivity (Wildman–Crippen MR) is 141 cm³/mol. The Kier molecular flexibility index (Phi) is 7.72. The van der Waals surface area contributed by atoms with Crippen LogP contribution in [0.15, 0.2) is 53.6 Å². The maximum absolute atomic E-state index is 13.0. The number of hydrogen-bond donors (Lipinski definition) is 4. The molecule has 12 heteroatoms. The summed E-state index contributed by atoms with van der Waals surface area (Å²) < 4.78 is 39.7. The molecular weight excluding hydrogens is 508 g/mol. The zero-order valence-corrected chi connectivity index (χ0v) is 21.6. The fourth-order valence-corrected chi connectivity index (χ4v) is 5.38. The van der Waals surface area contributed by atoms with Crippen LogP contribution in [-0.2, 0) is 16.6 Å². The summed E-state index contributed by atoms with van der Waals surface area (Å²) in [6, 6.07) is 11.8. The van der Waals surface area contributed by atoms with Crippen molar-refractivity contribution in [3.8, 4) is 22.8 Å². The molecule has 1 aromatic heterocycles. The Bertz CT molecular complexity index is 1430. The Balaban J connectivity index is 1.29. The van der Waals surface area contributed by atoms with Gasteiger partial charge in [-0.3, -0.25) is 4.79 Å². The molecule has 1 fully saturated rings. The molecule has 0 spiro atoms. The van der Waals surface area contributed by atoms with Crippen molar-refractivity contribution in [1.29, 1.82) is 0 Å². The van der Waals surface area contributed by atoms with E-state index in [2.05, 4.69) is 25.3 Å². The first-order chi connectivity index (χ1) is 18.4. The van der Waals surface area contributed by atoms with Crippen molar-refractivity contribution in [2.75, 3.05) is 32.0 Å². The average Bonchev–Trinajstić information content (AvgIpc) is 3.18. The number of nitrogens with zero attached hydrogens (tertiary/aromatic N) is 2. The number of rotatable bonds is 7. The molecule has 5 N–H and O–H groups in total. The highest BCUT2D eigenvalue weighted by Crippen LogP contribution is 2.32. The van der Waals surface area contributed by atoms with E-state index in [1.807, 2.05) is 6.07 Å². The molecule has 1 amide bonds. The number of nitrogen functional groups attached to an aromatic ring is 1. The minimum Gasteiger partial charge on any atom is -0.490 e. The first-order valence-corrected chi connectivity index (χ1v) is 14.0. The van der Waals surface area contributed by atoms with Gasteiger partial charge in [-0.2, -0.15) is 0 Å². The summed E-state index contributed by atoms with van der Waals surface area (Å²) in [5.74, 6) is 0.620. The van der Waals surface area contributed by atoms with Crippen LogP contribution in [0.3, 0.4) is 0 Å². The van der Waals surface area contributed by atoms with Crippen LogP contribution in [0.4, 0.5) is 5.82 Å². The van der Waals surface area contributed by atoms with Crippen LogP contribution in [0.25, 0.3) is 11.3 Å². The number of sulfonamides is 1. The Morgan fingerprint density at radius 3 is 2.76 bits per heavy atom. The van der Waals surface area contributed by atoms with Crippen molar-refractivity contribution in [2.24, 2.45) is 0 Å². The lowest BCUT2D eigenvalue weighted by molar-refractivity contribution is 0.0926. The average molecular weight is 539 g/mol. The van der Waals surface area contributed by atoms with Crippen molar-refractivity contribution in [2.45, 2.75) is 36.7 Å². The first-order valence-electron chi connectivity index (χ1n) is 12.5. The number of ether oxygens (including phenoxy) is 2. The molecule has 0 aliphatic carbocycles. The number of amides is 1. The van der Waals surface area contributed by atoms with Gasteiger partial charge in [0.15, 0.2) is 23.0 Å². The molecule has 0 bridgehead atoms. The number of carbonyl (C=O) groups excluding carboxylic acids is 1. The van der Waals surface area contributed by atoms with Gasteiger partial charge in [0.2, 0.25) is 10.0 Å². The van der Waals surface area contributed by atoms with Crippen molar-refractivity contribution >= 4 is 21.7 Å². The second-order valence-electron chi connectivity index (χ2n) is 9.19. The summed E-state index contributed by atoms with van der Waals surface area (Å²) >= 11 is 0. The van der Waals surface area contributed by atoms with Crippen molar-refractivity contribution in [3.63, 3.8) is 0 Å². The smallest absolute Gasteiger partial charge is 0.274 e. The molecule has 1 saturated heterocycles. The third kappa shape index (κ3) is 6.04. The number of aromatic nitrogens is 2. The standard InChI is InChI=1S/C26H30N6O5S/c27-25-24(26(33)31-19-6-2-9-28-15-19)32-21(16-29-25)18-5-1-4-17(12-18)14-30-38(34,35)20-7-8-22-23(13-20)37-11-3-10-36-22/h1,4-5,7-8,12-13,16,19,28,30H,2-3,6,9-11,14-15H2,(H2,27,29)(H,31,33)/t19-/m0/s1. The Morgan fingerprint density at radius 1 is 1.11 bits per heavy atom. The van der Waals surface area contributed by atoms with E-state index in [9.17, 15) is 13.2 Å². The van der Waals surface area contributed by atoms with E-state index in [1.165, 1.54) is 18.3 Å². The third-order valence-electron chi connectivity index (χ3n) is 6.37. The fraction of sp³-hybridized carbons (Fsp3) is 0.346. The van der Waals surface area contributed by atoms with Crippen LogP contribution >= 0.6 is 0 Å². The van der Waals surface area contributed by atoms with E-state index in [0.717, 1.165) is 25.8 Å². The predicted octanol–water partition coefficient (Wildman–Crippen LogP) is 1.85. The van der Waals surface area contributed by atoms with E-state index in [4.69, 9.17) is 15.2 Å². The number of carbonyl (C=O) groups is 1. The van der Waals surface area contributed by atoms with Crippen molar-refractivity contribution in [3.05, 3.63) is 59.9 Å². The number of piperidine rings is 1. The molecule has 2 aliphatic heterocycles. The number of fused-ring (bicyclic) bond motifs is 1. The van der Waals surface area contributed by atoms with E-state index in [-0.39, 0.29) is 34.9 Å². The largest absolute Gasteiger partial charge is 0.490 e. The van der Waals surface area contributed by atoms with Gasteiger partial charge in [-0.25, -0.2) is 23.1 Å². The summed E-state index contributed by atoms with van der Waals surface area (Å²) in [6.07, 6.45) is 4.09. The lowest BCUT2D eigenvalue weighted by Crippen LogP contribution is -2.46. The third-order valence-corrected chi connectivity index (χ3v) is 7.77. The Labute approximate surface area is 221 Å². The summed E-state index contributed by atoms with van der Waals surface area (Å²) in [4.78, 5) is 21.6. The molecule has 200 valence electrons. The summed E-state index contributed by atoms with van der Waals surface area (Å²) in [5.41, 5.74) is 7.87. The normalized spacial score (nSPS) is 17.4. The van der Waals surface area contributed by atoms with Gasteiger partial charge in [0.25, 0.3) is 5.91 Å². The van der Waals surface area contributed by atoms with E-state index in [1.54, 1.807) is 24.3 Å². The van der Waals surface area contributed by atoms with Crippen LogP contribution < -0.4 is 30.6 Å².